The molecule has 0 aliphatic heterocycles. The SMILES string of the molecule is CCCn1cc(Br)cc1C(=O)N(C)Cc1ccc(C)cc1. The van der Waals surface area contributed by atoms with Crippen molar-refractivity contribution >= 4 is 21.8 Å². The minimum Gasteiger partial charge on any atom is -0.342 e. The largest absolute Gasteiger partial charge is 0.342 e. The number of hydrogen-bond donors (Lipinski definition) is 0. The van der Waals surface area contributed by atoms with Gasteiger partial charge in [0.25, 0.3) is 5.91 Å². The third kappa shape index (κ3) is 3.97. The summed E-state index contributed by atoms with van der Waals surface area (Å²) in [6.45, 7) is 5.64. The van der Waals surface area contributed by atoms with Crippen LogP contribution in [0.25, 0.3) is 0 Å². The van der Waals surface area contributed by atoms with Crippen LogP contribution in [-0.4, -0.2) is 22.4 Å². The van der Waals surface area contributed by atoms with E-state index in [1.54, 1.807) is 4.90 Å². The summed E-state index contributed by atoms with van der Waals surface area (Å²) < 4.78 is 2.96. The highest BCUT2D eigenvalue weighted by molar-refractivity contribution is 9.10. The van der Waals surface area contributed by atoms with Crippen LogP contribution in [0.4, 0.5) is 0 Å². The molecular formula is C17H21BrN2O. The van der Waals surface area contributed by atoms with Crippen molar-refractivity contribution in [2.45, 2.75) is 33.4 Å². The molecule has 0 aliphatic rings. The Morgan fingerprint density at radius 3 is 2.57 bits per heavy atom. The molecule has 112 valence electrons. The molecule has 4 heteroatoms. The molecule has 0 fully saturated rings. The standard InChI is InChI=1S/C17H21BrN2O/c1-4-9-20-12-15(18)10-16(20)17(21)19(3)11-14-7-5-13(2)6-8-14/h5-8,10,12H,4,9,11H2,1-3H3. The van der Waals surface area contributed by atoms with E-state index in [-0.39, 0.29) is 5.91 Å². The van der Waals surface area contributed by atoms with Crippen molar-refractivity contribution in [2.75, 3.05) is 7.05 Å². The number of aryl methyl sites for hydroxylation is 2. The van der Waals surface area contributed by atoms with Gasteiger partial charge in [0.1, 0.15) is 5.69 Å². The van der Waals surface area contributed by atoms with E-state index in [9.17, 15) is 4.79 Å². The number of nitrogens with zero attached hydrogens (tertiary/aromatic N) is 2. The highest BCUT2D eigenvalue weighted by Gasteiger charge is 2.17. The summed E-state index contributed by atoms with van der Waals surface area (Å²) in [7, 11) is 1.85. The van der Waals surface area contributed by atoms with E-state index in [0.29, 0.717) is 6.54 Å². The van der Waals surface area contributed by atoms with E-state index in [2.05, 4.69) is 54.0 Å². The summed E-state index contributed by atoms with van der Waals surface area (Å²) in [5, 5.41) is 0. The number of aromatic nitrogens is 1. The Morgan fingerprint density at radius 2 is 1.95 bits per heavy atom. The molecule has 0 spiro atoms. The Balaban J connectivity index is 2.13. The fourth-order valence-corrected chi connectivity index (χ4v) is 2.78. The van der Waals surface area contributed by atoms with Gasteiger partial charge in [-0.3, -0.25) is 4.79 Å². The molecule has 0 unspecified atom stereocenters. The van der Waals surface area contributed by atoms with E-state index in [4.69, 9.17) is 0 Å². The van der Waals surface area contributed by atoms with Crippen LogP contribution < -0.4 is 0 Å². The zero-order chi connectivity index (χ0) is 15.4. The lowest BCUT2D eigenvalue weighted by Gasteiger charge is -2.18. The average molecular weight is 349 g/mol. The molecular weight excluding hydrogens is 328 g/mol. The summed E-state index contributed by atoms with van der Waals surface area (Å²) in [5.41, 5.74) is 3.11. The highest BCUT2D eigenvalue weighted by Crippen LogP contribution is 2.18. The maximum absolute atomic E-state index is 12.6. The molecule has 1 amide bonds. The second kappa shape index (κ2) is 6.94. The first-order valence-electron chi connectivity index (χ1n) is 7.18. The lowest BCUT2D eigenvalue weighted by molar-refractivity contribution is 0.0774. The summed E-state index contributed by atoms with van der Waals surface area (Å²) in [6.07, 6.45) is 2.97. The van der Waals surface area contributed by atoms with Crippen molar-refractivity contribution in [2.24, 2.45) is 0 Å². The Bertz CT molecular complexity index is 616. The summed E-state index contributed by atoms with van der Waals surface area (Å²) >= 11 is 3.45. The minimum atomic E-state index is 0.0507. The fraction of sp³-hybridized carbons (Fsp3) is 0.353. The number of amides is 1. The Labute approximate surface area is 134 Å². The topological polar surface area (TPSA) is 25.2 Å². The van der Waals surface area contributed by atoms with Gasteiger partial charge in [0, 0.05) is 30.8 Å². The van der Waals surface area contributed by atoms with Crippen LogP contribution in [0.2, 0.25) is 0 Å². The second-order valence-electron chi connectivity index (χ2n) is 5.38. The molecule has 0 saturated carbocycles. The van der Waals surface area contributed by atoms with E-state index in [1.165, 1.54) is 5.56 Å². The van der Waals surface area contributed by atoms with Gasteiger partial charge in [-0.2, -0.15) is 0 Å². The molecule has 0 bridgehead atoms. The van der Waals surface area contributed by atoms with Gasteiger partial charge in [0.15, 0.2) is 0 Å². The first-order chi connectivity index (χ1) is 10.0. The molecule has 0 atom stereocenters. The van der Waals surface area contributed by atoms with Crippen LogP contribution in [0, 0.1) is 6.92 Å². The summed E-state index contributed by atoms with van der Waals surface area (Å²) in [4.78, 5) is 14.4. The fourth-order valence-electron chi connectivity index (χ4n) is 2.31. The predicted molar refractivity (Wildman–Crippen MR) is 89.4 cm³/mol. The van der Waals surface area contributed by atoms with E-state index in [0.717, 1.165) is 28.7 Å². The van der Waals surface area contributed by atoms with Crippen molar-refractivity contribution < 1.29 is 4.79 Å². The summed E-state index contributed by atoms with van der Waals surface area (Å²) in [6, 6.07) is 10.2. The smallest absolute Gasteiger partial charge is 0.270 e. The molecule has 1 heterocycles. The van der Waals surface area contributed by atoms with Gasteiger partial charge in [-0.1, -0.05) is 36.8 Å². The number of hydrogen-bond acceptors (Lipinski definition) is 1. The van der Waals surface area contributed by atoms with Gasteiger partial charge in [-0.15, -0.1) is 0 Å². The molecule has 1 aromatic carbocycles. The zero-order valence-electron chi connectivity index (χ0n) is 12.8. The van der Waals surface area contributed by atoms with E-state index < -0.39 is 0 Å². The molecule has 2 aromatic rings. The lowest BCUT2D eigenvalue weighted by Crippen LogP contribution is -2.28. The van der Waals surface area contributed by atoms with Crippen LogP contribution in [0.3, 0.4) is 0 Å². The van der Waals surface area contributed by atoms with Gasteiger partial charge < -0.3 is 9.47 Å². The van der Waals surface area contributed by atoms with Gasteiger partial charge in [-0.25, -0.2) is 0 Å². The molecule has 0 N–H and O–H groups in total. The molecule has 21 heavy (non-hydrogen) atoms. The third-order valence-corrected chi connectivity index (χ3v) is 3.87. The molecule has 2 rings (SSSR count). The number of carbonyl (C=O) groups excluding carboxylic acids is 1. The van der Waals surface area contributed by atoms with Gasteiger partial charge >= 0.3 is 0 Å². The predicted octanol–water partition coefficient (Wildman–Crippen LogP) is 4.24. The molecule has 3 nitrogen and oxygen atoms in total. The lowest BCUT2D eigenvalue weighted by atomic mass is 10.1. The number of halogens is 1. The third-order valence-electron chi connectivity index (χ3n) is 3.43. The monoisotopic (exact) mass is 348 g/mol. The molecule has 0 radical (unpaired) electrons. The Morgan fingerprint density at radius 1 is 1.29 bits per heavy atom. The van der Waals surface area contributed by atoms with Crippen LogP contribution in [0.15, 0.2) is 41.0 Å². The first kappa shape index (κ1) is 15.8. The van der Waals surface area contributed by atoms with Crippen LogP contribution in [-0.2, 0) is 13.1 Å². The molecule has 0 aliphatic carbocycles. The van der Waals surface area contributed by atoms with Crippen LogP contribution in [0.1, 0.15) is 35.0 Å². The minimum absolute atomic E-state index is 0.0507. The van der Waals surface area contributed by atoms with Crippen LogP contribution >= 0.6 is 15.9 Å². The van der Waals surface area contributed by atoms with Crippen molar-refractivity contribution in [3.8, 4) is 0 Å². The number of carbonyl (C=O) groups is 1. The zero-order valence-corrected chi connectivity index (χ0v) is 14.4. The van der Waals surface area contributed by atoms with Gasteiger partial charge in [0.05, 0.1) is 0 Å². The van der Waals surface area contributed by atoms with Crippen LogP contribution in [0.5, 0.6) is 0 Å². The van der Waals surface area contributed by atoms with Crippen molar-refractivity contribution in [1.82, 2.24) is 9.47 Å². The van der Waals surface area contributed by atoms with Gasteiger partial charge in [-0.05, 0) is 40.9 Å². The highest BCUT2D eigenvalue weighted by atomic mass is 79.9. The number of benzene rings is 1. The second-order valence-corrected chi connectivity index (χ2v) is 6.30. The van der Waals surface area contributed by atoms with Crippen molar-refractivity contribution in [3.05, 3.63) is 57.8 Å². The van der Waals surface area contributed by atoms with E-state index >= 15 is 0 Å². The van der Waals surface area contributed by atoms with Gasteiger partial charge in [0.2, 0.25) is 0 Å². The Kier molecular flexibility index (Phi) is 5.23. The molecule has 1 aromatic heterocycles. The maximum Gasteiger partial charge on any atom is 0.270 e. The summed E-state index contributed by atoms with van der Waals surface area (Å²) in [5.74, 6) is 0.0507. The average Bonchev–Trinajstić information content (AvgIpc) is 2.82. The number of rotatable bonds is 5. The first-order valence-corrected chi connectivity index (χ1v) is 7.97. The maximum atomic E-state index is 12.6. The van der Waals surface area contributed by atoms with Crippen molar-refractivity contribution in [3.63, 3.8) is 0 Å². The molecule has 0 saturated heterocycles. The normalized spacial score (nSPS) is 10.7. The van der Waals surface area contributed by atoms with Crippen molar-refractivity contribution in [1.29, 1.82) is 0 Å². The Hall–Kier alpha value is -1.55. The van der Waals surface area contributed by atoms with E-state index in [1.807, 2.05) is 23.9 Å². The quantitative estimate of drug-likeness (QED) is 0.793.